The van der Waals surface area contributed by atoms with Gasteiger partial charge in [-0.15, -0.1) is 11.3 Å². The van der Waals surface area contributed by atoms with E-state index < -0.39 is 0 Å². The van der Waals surface area contributed by atoms with Gasteiger partial charge in [0.25, 0.3) is 11.5 Å². The first-order valence-electron chi connectivity index (χ1n) is 9.34. The average Bonchev–Trinajstić information content (AvgIpc) is 3.31. The van der Waals surface area contributed by atoms with E-state index in [0.29, 0.717) is 30.2 Å². The highest BCUT2D eigenvalue weighted by Crippen LogP contribution is 2.16. The van der Waals surface area contributed by atoms with Crippen LogP contribution in [0.4, 0.5) is 0 Å². The van der Waals surface area contributed by atoms with E-state index >= 15 is 0 Å². The van der Waals surface area contributed by atoms with Crippen molar-refractivity contribution in [1.29, 1.82) is 0 Å². The van der Waals surface area contributed by atoms with E-state index in [1.54, 1.807) is 22.9 Å². The number of thiazole rings is 1. The van der Waals surface area contributed by atoms with Crippen molar-refractivity contribution in [3.8, 4) is 0 Å². The van der Waals surface area contributed by atoms with Crippen molar-refractivity contribution in [2.75, 3.05) is 26.2 Å². The minimum absolute atomic E-state index is 0.0199. The smallest absolute Gasteiger partial charge is 0.258 e. The summed E-state index contributed by atoms with van der Waals surface area (Å²) in [5, 5.41) is 6.18. The van der Waals surface area contributed by atoms with Crippen LogP contribution in [0.1, 0.15) is 36.8 Å². The van der Waals surface area contributed by atoms with E-state index in [0.717, 1.165) is 18.8 Å². The Labute approximate surface area is 167 Å². The van der Waals surface area contributed by atoms with Crippen molar-refractivity contribution >= 4 is 22.2 Å². The lowest BCUT2D eigenvalue weighted by atomic mass is 10.1. The quantitative estimate of drug-likeness (QED) is 0.668. The summed E-state index contributed by atoms with van der Waals surface area (Å²) >= 11 is 1.46. The van der Waals surface area contributed by atoms with Crippen LogP contribution < -0.4 is 5.56 Å². The first-order chi connectivity index (χ1) is 13.3. The Kier molecular flexibility index (Phi) is 4.80. The summed E-state index contributed by atoms with van der Waals surface area (Å²) < 4.78 is 3.38. The van der Waals surface area contributed by atoms with E-state index in [9.17, 15) is 9.59 Å². The number of amides is 1. The third-order valence-corrected chi connectivity index (χ3v) is 5.67. The molecular weight excluding hydrogens is 376 g/mol. The van der Waals surface area contributed by atoms with Gasteiger partial charge in [-0.25, -0.2) is 4.98 Å². The molecule has 3 aromatic heterocycles. The topological polar surface area (TPSA) is 75.7 Å². The Morgan fingerprint density at radius 3 is 2.64 bits per heavy atom. The molecule has 0 saturated carbocycles. The Balaban J connectivity index is 1.38. The molecule has 1 aliphatic heterocycles. The number of carbonyl (C=O) groups is 1. The molecule has 0 unspecified atom stereocenters. The molecule has 0 aromatic carbocycles. The molecule has 1 aliphatic rings. The predicted octanol–water partition coefficient (Wildman–Crippen LogP) is 1.67. The lowest BCUT2D eigenvalue weighted by Gasteiger charge is -2.34. The summed E-state index contributed by atoms with van der Waals surface area (Å²) in [6.45, 7) is 9.60. The first kappa shape index (κ1) is 18.8. The second-order valence-electron chi connectivity index (χ2n) is 8.05. The molecular formula is C19H24N6O2S. The third kappa shape index (κ3) is 3.72. The van der Waals surface area contributed by atoms with Gasteiger partial charge in [-0.2, -0.15) is 5.10 Å². The Bertz CT molecular complexity index is 1050. The van der Waals surface area contributed by atoms with E-state index in [1.165, 1.54) is 11.3 Å². The molecule has 148 valence electrons. The Morgan fingerprint density at radius 1 is 1.21 bits per heavy atom. The highest BCUT2D eigenvalue weighted by Gasteiger charge is 2.25. The summed E-state index contributed by atoms with van der Waals surface area (Å²) in [4.78, 5) is 34.3. The van der Waals surface area contributed by atoms with Gasteiger partial charge < -0.3 is 4.90 Å². The SMILES string of the molecule is CC(C)(C)n1cc(C(=O)N2CCN(Cc3cc(=O)n4ccsc4n3)CC2)cn1. The molecule has 3 aromatic rings. The van der Waals surface area contributed by atoms with Crippen molar-refractivity contribution < 1.29 is 4.79 Å². The van der Waals surface area contributed by atoms with Gasteiger partial charge in [0.15, 0.2) is 4.96 Å². The Hall–Kier alpha value is -2.52. The van der Waals surface area contributed by atoms with Crippen LogP contribution in [0.2, 0.25) is 0 Å². The standard InChI is InChI=1S/C19H24N6O2S/c1-19(2,3)25-12-14(11-20-25)17(27)23-6-4-22(5-7-23)13-15-10-16(26)24-8-9-28-18(24)21-15/h8-12H,4-7,13H2,1-3H3. The maximum Gasteiger partial charge on any atom is 0.258 e. The van der Waals surface area contributed by atoms with E-state index in [1.807, 2.05) is 21.2 Å². The van der Waals surface area contributed by atoms with Crippen molar-refractivity contribution in [2.24, 2.45) is 0 Å². The van der Waals surface area contributed by atoms with Crippen LogP contribution >= 0.6 is 11.3 Å². The summed E-state index contributed by atoms with van der Waals surface area (Å²) in [5.41, 5.74) is 1.21. The average molecular weight is 401 g/mol. The fourth-order valence-electron chi connectivity index (χ4n) is 3.29. The number of hydrogen-bond acceptors (Lipinski definition) is 6. The minimum atomic E-state index is -0.146. The lowest BCUT2D eigenvalue weighted by Crippen LogP contribution is -2.48. The molecule has 9 heteroatoms. The maximum atomic E-state index is 12.8. The molecule has 8 nitrogen and oxygen atoms in total. The maximum absolute atomic E-state index is 12.8. The Morgan fingerprint density at radius 2 is 1.96 bits per heavy atom. The predicted molar refractivity (Wildman–Crippen MR) is 108 cm³/mol. The van der Waals surface area contributed by atoms with Gasteiger partial charge >= 0.3 is 0 Å². The summed E-state index contributed by atoms with van der Waals surface area (Å²) in [6, 6.07) is 1.60. The number of piperazine rings is 1. The van der Waals surface area contributed by atoms with Crippen LogP contribution in [0.15, 0.2) is 34.8 Å². The number of nitrogens with zero attached hydrogens (tertiary/aromatic N) is 6. The highest BCUT2D eigenvalue weighted by atomic mass is 32.1. The largest absolute Gasteiger partial charge is 0.336 e. The molecule has 0 aliphatic carbocycles. The van der Waals surface area contributed by atoms with Gasteiger partial charge in [0.05, 0.1) is 23.0 Å². The summed E-state index contributed by atoms with van der Waals surface area (Å²) in [7, 11) is 0. The third-order valence-electron chi connectivity index (χ3n) is 4.92. The second kappa shape index (κ2) is 7.14. The van der Waals surface area contributed by atoms with Gasteiger partial charge in [0.2, 0.25) is 0 Å². The molecule has 0 bridgehead atoms. The van der Waals surface area contributed by atoms with E-state index in [2.05, 4.69) is 35.8 Å². The van der Waals surface area contributed by atoms with Gasteiger partial charge in [0, 0.05) is 56.6 Å². The van der Waals surface area contributed by atoms with Crippen LogP contribution in [0, 0.1) is 0 Å². The highest BCUT2D eigenvalue weighted by molar-refractivity contribution is 7.15. The van der Waals surface area contributed by atoms with Crippen molar-refractivity contribution in [3.63, 3.8) is 0 Å². The van der Waals surface area contributed by atoms with Gasteiger partial charge in [0.1, 0.15) is 0 Å². The van der Waals surface area contributed by atoms with Crippen molar-refractivity contribution in [3.05, 3.63) is 51.6 Å². The van der Waals surface area contributed by atoms with Crippen molar-refractivity contribution in [2.45, 2.75) is 32.9 Å². The number of carbonyl (C=O) groups excluding carboxylic acids is 1. The number of rotatable bonds is 3. The zero-order valence-corrected chi connectivity index (χ0v) is 17.1. The zero-order valence-electron chi connectivity index (χ0n) is 16.3. The summed E-state index contributed by atoms with van der Waals surface area (Å²) in [5.74, 6) is 0.0199. The lowest BCUT2D eigenvalue weighted by molar-refractivity contribution is 0.0627. The van der Waals surface area contributed by atoms with Crippen LogP contribution in [0.25, 0.3) is 4.96 Å². The summed E-state index contributed by atoms with van der Waals surface area (Å²) in [6.07, 6.45) is 5.21. The van der Waals surface area contributed by atoms with Gasteiger partial charge in [-0.3, -0.25) is 23.6 Å². The number of fused-ring (bicyclic) bond motifs is 1. The molecule has 1 fully saturated rings. The molecule has 0 spiro atoms. The van der Waals surface area contributed by atoms with E-state index in [4.69, 9.17) is 0 Å². The molecule has 28 heavy (non-hydrogen) atoms. The minimum Gasteiger partial charge on any atom is -0.336 e. The fraction of sp³-hybridized carbons (Fsp3) is 0.474. The zero-order chi connectivity index (χ0) is 19.9. The van der Waals surface area contributed by atoms with Crippen LogP contribution in [0.5, 0.6) is 0 Å². The monoisotopic (exact) mass is 400 g/mol. The molecule has 0 atom stereocenters. The second-order valence-corrected chi connectivity index (χ2v) is 8.93. The fourth-order valence-corrected chi connectivity index (χ4v) is 4.03. The van der Waals surface area contributed by atoms with Gasteiger partial charge in [-0.1, -0.05) is 0 Å². The first-order valence-corrected chi connectivity index (χ1v) is 10.2. The van der Waals surface area contributed by atoms with Gasteiger partial charge in [-0.05, 0) is 20.8 Å². The molecule has 4 rings (SSSR count). The van der Waals surface area contributed by atoms with Crippen LogP contribution in [-0.2, 0) is 12.1 Å². The molecule has 1 amide bonds. The normalized spacial score (nSPS) is 16.0. The van der Waals surface area contributed by atoms with Crippen LogP contribution in [0.3, 0.4) is 0 Å². The van der Waals surface area contributed by atoms with Crippen molar-refractivity contribution in [1.82, 2.24) is 29.0 Å². The molecule has 0 N–H and O–H groups in total. The number of hydrogen-bond donors (Lipinski definition) is 0. The molecule has 1 saturated heterocycles. The molecule has 4 heterocycles. The molecule has 0 radical (unpaired) electrons. The number of aromatic nitrogens is 4. The van der Waals surface area contributed by atoms with E-state index in [-0.39, 0.29) is 17.0 Å². The van der Waals surface area contributed by atoms with Crippen LogP contribution in [-0.4, -0.2) is 61.1 Å².